The molecule has 0 radical (unpaired) electrons. The number of aliphatic carboxylic acids is 1. The first kappa shape index (κ1) is 16.3. The fourth-order valence-electron chi connectivity index (χ4n) is 3.78. The summed E-state index contributed by atoms with van der Waals surface area (Å²) in [5.41, 5.74) is 0.740. The van der Waals surface area contributed by atoms with Gasteiger partial charge in [-0.15, -0.1) is 0 Å². The van der Waals surface area contributed by atoms with E-state index in [4.69, 9.17) is 9.84 Å². The van der Waals surface area contributed by atoms with Crippen LogP contribution in [0.1, 0.15) is 24.8 Å². The van der Waals surface area contributed by atoms with Crippen molar-refractivity contribution in [1.82, 2.24) is 4.31 Å². The van der Waals surface area contributed by atoms with Gasteiger partial charge in [-0.1, -0.05) is 12.1 Å². The summed E-state index contributed by atoms with van der Waals surface area (Å²) in [6, 6.07) is 7.08. The summed E-state index contributed by atoms with van der Waals surface area (Å²) < 4.78 is 31.6. The van der Waals surface area contributed by atoms with Crippen LogP contribution in [-0.2, 0) is 20.6 Å². The van der Waals surface area contributed by atoms with Crippen LogP contribution >= 0.6 is 0 Å². The molecule has 2 fully saturated rings. The molecule has 2 aliphatic rings. The first-order valence-electron chi connectivity index (χ1n) is 7.64. The van der Waals surface area contributed by atoms with E-state index in [9.17, 15) is 13.2 Å². The third-order valence-corrected chi connectivity index (χ3v) is 6.55. The van der Waals surface area contributed by atoms with E-state index in [0.29, 0.717) is 24.4 Å². The summed E-state index contributed by atoms with van der Waals surface area (Å²) in [6.45, 7) is 1.05. The molecule has 0 aromatic heterocycles. The number of hydrogen-bond donors (Lipinski definition) is 1. The summed E-state index contributed by atoms with van der Waals surface area (Å²) in [5, 5.41) is 8.78. The average molecular weight is 339 g/mol. The summed E-state index contributed by atoms with van der Waals surface area (Å²) in [7, 11) is -1.78. The highest BCUT2D eigenvalue weighted by Gasteiger charge is 2.55. The number of rotatable bonds is 6. The van der Waals surface area contributed by atoms with E-state index in [1.807, 2.05) is 0 Å². The van der Waals surface area contributed by atoms with E-state index in [-0.39, 0.29) is 23.5 Å². The van der Waals surface area contributed by atoms with Crippen LogP contribution in [0, 0.1) is 11.3 Å². The molecule has 23 heavy (non-hydrogen) atoms. The number of benzene rings is 1. The molecular formula is C16H21NO5S. The lowest BCUT2D eigenvalue weighted by molar-refractivity contribution is -0.142. The molecule has 7 heteroatoms. The predicted molar refractivity (Wildman–Crippen MR) is 84.6 cm³/mol. The van der Waals surface area contributed by atoms with Crippen molar-refractivity contribution in [2.24, 2.45) is 11.3 Å². The largest absolute Gasteiger partial charge is 0.497 e. The molecule has 0 bridgehead atoms. The normalized spacial score (nSPS) is 20.7. The molecule has 1 N–H and O–H groups in total. The van der Waals surface area contributed by atoms with Crippen molar-refractivity contribution in [3.8, 4) is 5.75 Å². The Morgan fingerprint density at radius 3 is 2.70 bits per heavy atom. The van der Waals surface area contributed by atoms with E-state index in [0.717, 1.165) is 12.8 Å². The van der Waals surface area contributed by atoms with Gasteiger partial charge in [0.25, 0.3) is 0 Å². The van der Waals surface area contributed by atoms with Crippen LogP contribution in [-0.4, -0.2) is 44.0 Å². The number of nitrogens with zero attached hydrogens (tertiary/aromatic N) is 1. The van der Waals surface area contributed by atoms with E-state index < -0.39 is 16.0 Å². The Labute approximate surface area is 136 Å². The van der Waals surface area contributed by atoms with E-state index in [2.05, 4.69) is 0 Å². The molecule has 1 aliphatic carbocycles. The van der Waals surface area contributed by atoms with Crippen LogP contribution in [0.5, 0.6) is 5.75 Å². The quantitative estimate of drug-likeness (QED) is 0.853. The number of methoxy groups -OCH3 is 1. The maximum Gasteiger partial charge on any atom is 0.303 e. The van der Waals surface area contributed by atoms with Crippen molar-refractivity contribution in [3.05, 3.63) is 29.8 Å². The first-order valence-corrected chi connectivity index (χ1v) is 9.25. The van der Waals surface area contributed by atoms with Gasteiger partial charge in [0, 0.05) is 19.5 Å². The van der Waals surface area contributed by atoms with Gasteiger partial charge in [-0.05, 0) is 41.9 Å². The number of carbonyl (C=O) groups is 1. The highest BCUT2D eigenvalue weighted by atomic mass is 32.2. The predicted octanol–water partition coefficient (Wildman–Crippen LogP) is 1.71. The minimum absolute atomic E-state index is 0.0289. The zero-order valence-corrected chi connectivity index (χ0v) is 13.9. The van der Waals surface area contributed by atoms with Gasteiger partial charge in [0.2, 0.25) is 10.0 Å². The Kier molecular flexibility index (Phi) is 4.10. The maximum absolute atomic E-state index is 12.5. The molecule has 1 aliphatic heterocycles. The standard InChI is InChI=1S/C16H21NO5S/c1-22-14-4-2-3-12(5-14)9-23(20,21)17-10-16(11-17)7-13(8-16)6-15(18)19/h2-5,13H,6-11H2,1H3,(H,18,19). The number of sulfonamides is 1. The Bertz CT molecular complexity index is 701. The van der Waals surface area contributed by atoms with Crippen molar-refractivity contribution in [2.45, 2.75) is 25.0 Å². The van der Waals surface area contributed by atoms with Crippen LogP contribution in [0.3, 0.4) is 0 Å². The monoisotopic (exact) mass is 339 g/mol. The fourth-order valence-corrected chi connectivity index (χ4v) is 5.50. The summed E-state index contributed by atoms with van der Waals surface area (Å²) in [5.74, 6) is 0.0504. The third kappa shape index (κ3) is 3.35. The van der Waals surface area contributed by atoms with E-state index >= 15 is 0 Å². The molecule has 1 heterocycles. The first-order chi connectivity index (χ1) is 10.8. The van der Waals surface area contributed by atoms with E-state index in [1.54, 1.807) is 31.4 Å². The Morgan fingerprint density at radius 2 is 2.09 bits per heavy atom. The van der Waals surface area contributed by atoms with Crippen molar-refractivity contribution in [2.75, 3.05) is 20.2 Å². The minimum Gasteiger partial charge on any atom is -0.497 e. The lowest BCUT2D eigenvalue weighted by Crippen LogP contribution is -2.63. The molecule has 1 spiro atoms. The summed E-state index contributed by atoms with van der Waals surface area (Å²) in [6.07, 6.45) is 1.84. The molecule has 0 amide bonds. The van der Waals surface area contributed by atoms with Crippen LogP contribution in [0.25, 0.3) is 0 Å². The molecule has 1 aromatic carbocycles. The van der Waals surface area contributed by atoms with Crippen molar-refractivity contribution >= 4 is 16.0 Å². The molecule has 1 saturated heterocycles. The van der Waals surface area contributed by atoms with Crippen LogP contribution in [0.15, 0.2) is 24.3 Å². The minimum atomic E-state index is -3.33. The molecule has 1 saturated carbocycles. The molecule has 6 nitrogen and oxygen atoms in total. The molecular weight excluding hydrogens is 318 g/mol. The molecule has 1 aromatic rings. The van der Waals surface area contributed by atoms with Gasteiger partial charge in [0.1, 0.15) is 5.75 Å². The third-order valence-electron chi connectivity index (χ3n) is 4.81. The Morgan fingerprint density at radius 1 is 1.39 bits per heavy atom. The number of hydrogen-bond acceptors (Lipinski definition) is 4. The van der Waals surface area contributed by atoms with Gasteiger partial charge in [-0.3, -0.25) is 4.79 Å². The van der Waals surface area contributed by atoms with Crippen molar-refractivity contribution in [3.63, 3.8) is 0 Å². The van der Waals surface area contributed by atoms with Crippen LogP contribution in [0.2, 0.25) is 0 Å². The second kappa shape index (κ2) is 5.79. The fraction of sp³-hybridized carbons (Fsp3) is 0.562. The highest BCUT2D eigenvalue weighted by Crippen LogP contribution is 2.53. The zero-order chi connectivity index (χ0) is 16.7. The van der Waals surface area contributed by atoms with Gasteiger partial charge >= 0.3 is 5.97 Å². The van der Waals surface area contributed by atoms with Gasteiger partial charge in [-0.25, -0.2) is 12.7 Å². The van der Waals surface area contributed by atoms with Gasteiger partial charge in [0.15, 0.2) is 0 Å². The van der Waals surface area contributed by atoms with Crippen molar-refractivity contribution < 1.29 is 23.1 Å². The van der Waals surface area contributed by atoms with Gasteiger partial charge in [0.05, 0.1) is 12.9 Å². The summed E-state index contributed by atoms with van der Waals surface area (Å²) >= 11 is 0. The van der Waals surface area contributed by atoms with Gasteiger partial charge < -0.3 is 9.84 Å². The van der Waals surface area contributed by atoms with Crippen LogP contribution < -0.4 is 4.74 Å². The number of carboxylic acid groups (broad SMARTS) is 1. The van der Waals surface area contributed by atoms with Gasteiger partial charge in [-0.2, -0.15) is 0 Å². The van der Waals surface area contributed by atoms with E-state index in [1.165, 1.54) is 4.31 Å². The maximum atomic E-state index is 12.5. The summed E-state index contributed by atoms with van der Waals surface area (Å²) in [4.78, 5) is 10.7. The second-order valence-corrected chi connectivity index (χ2v) is 8.72. The zero-order valence-electron chi connectivity index (χ0n) is 13.1. The number of carboxylic acids is 1. The number of ether oxygens (including phenoxy) is 1. The molecule has 126 valence electrons. The molecule has 0 unspecified atom stereocenters. The SMILES string of the molecule is COc1cccc(CS(=O)(=O)N2CC3(CC(CC(=O)O)C3)C2)c1. The lowest BCUT2D eigenvalue weighted by Gasteiger charge is -2.58. The highest BCUT2D eigenvalue weighted by molar-refractivity contribution is 7.88. The smallest absolute Gasteiger partial charge is 0.303 e. The Balaban J connectivity index is 1.55. The van der Waals surface area contributed by atoms with Crippen LogP contribution in [0.4, 0.5) is 0 Å². The molecule has 3 rings (SSSR count). The van der Waals surface area contributed by atoms with Crippen molar-refractivity contribution in [1.29, 1.82) is 0 Å². The second-order valence-electron chi connectivity index (χ2n) is 6.75. The Hall–Kier alpha value is -1.60. The average Bonchev–Trinajstić information content (AvgIpc) is 2.39. The topological polar surface area (TPSA) is 83.9 Å². The molecule has 0 atom stereocenters. The lowest BCUT2D eigenvalue weighted by atomic mass is 9.58.